The smallest absolute Gasteiger partial charge is 0.424 e. The highest BCUT2D eigenvalue weighted by atomic mass is 19.4. The van der Waals surface area contributed by atoms with Crippen molar-refractivity contribution in [3.8, 4) is 17.0 Å². The highest BCUT2D eigenvalue weighted by molar-refractivity contribution is 5.99. The maximum atomic E-state index is 14.5. The maximum absolute atomic E-state index is 14.5. The molecule has 1 aliphatic carbocycles. The fourth-order valence-electron chi connectivity index (χ4n) is 4.33. The van der Waals surface area contributed by atoms with Gasteiger partial charge in [-0.1, -0.05) is 0 Å². The third-order valence-electron chi connectivity index (χ3n) is 6.93. The Morgan fingerprint density at radius 1 is 1.02 bits per heavy atom. The number of ether oxygens (including phenoxy) is 1. The number of amides is 1. The second-order valence-electron chi connectivity index (χ2n) is 10.9. The zero-order valence-electron chi connectivity index (χ0n) is 23.0. The van der Waals surface area contributed by atoms with Crippen LogP contribution in [0.5, 0.6) is 5.75 Å². The lowest BCUT2D eigenvalue weighted by Crippen LogP contribution is -2.51. The first-order valence-corrected chi connectivity index (χ1v) is 13.2. The van der Waals surface area contributed by atoms with Crippen LogP contribution < -0.4 is 10.1 Å². The minimum atomic E-state index is -5.29. The molecular weight excluding hydrogens is 556 g/mol. The Hall–Kier alpha value is -4.16. The van der Waals surface area contributed by atoms with Crippen molar-refractivity contribution in [2.45, 2.75) is 57.1 Å². The van der Waals surface area contributed by atoms with Gasteiger partial charge < -0.3 is 20.3 Å². The van der Waals surface area contributed by atoms with Gasteiger partial charge in [0.2, 0.25) is 5.60 Å². The molecule has 0 bridgehead atoms. The van der Waals surface area contributed by atoms with Gasteiger partial charge in [-0.05, 0) is 93.8 Å². The van der Waals surface area contributed by atoms with Crippen LogP contribution >= 0.6 is 0 Å². The molecule has 3 N–H and O–H groups in total. The van der Waals surface area contributed by atoms with E-state index >= 15 is 0 Å². The topological polar surface area (TPSA) is 117 Å². The molecule has 12 heteroatoms. The first-order valence-electron chi connectivity index (χ1n) is 13.2. The molecule has 0 aliphatic heterocycles. The standard InChI is InChI=1S/C30H28F4N4O4/c1-16-10-18-11-19(12-24(26(18)38-37-16)42-22-8-9-22)27(39)35-15-29(41,30(32,33)34)25-14-20(28(2,3)40)13-23(36-25)17-4-6-21(31)7-5-17/h4-7,10-14,22,40-41H,8-9,15H2,1-3H3,(H,35,39). The van der Waals surface area contributed by atoms with Crippen LogP contribution in [-0.4, -0.2) is 50.1 Å². The van der Waals surface area contributed by atoms with Crippen LogP contribution in [-0.2, 0) is 11.2 Å². The van der Waals surface area contributed by atoms with E-state index < -0.39 is 41.3 Å². The number of aryl methyl sites for hydroxylation is 1. The molecule has 1 amide bonds. The van der Waals surface area contributed by atoms with Crippen molar-refractivity contribution in [3.63, 3.8) is 0 Å². The molecule has 0 saturated heterocycles. The summed E-state index contributed by atoms with van der Waals surface area (Å²) in [5, 5.41) is 32.6. The molecule has 1 unspecified atom stereocenters. The first kappa shape index (κ1) is 29.3. The molecular formula is C30H28F4N4O4. The Bertz CT molecular complexity index is 1650. The number of alkyl halides is 3. The average Bonchev–Trinajstić information content (AvgIpc) is 3.74. The molecule has 2 aromatic heterocycles. The van der Waals surface area contributed by atoms with Crippen LogP contribution in [0.15, 0.2) is 54.6 Å². The molecule has 8 nitrogen and oxygen atoms in total. The Kier molecular flexibility index (Phi) is 7.40. The molecule has 5 rings (SSSR count). The lowest BCUT2D eigenvalue weighted by atomic mass is 9.90. The summed E-state index contributed by atoms with van der Waals surface area (Å²) < 4.78 is 63.0. The van der Waals surface area contributed by atoms with Crippen LogP contribution in [0.2, 0.25) is 0 Å². The second kappa shape index (κ2) is 10.6. The Balaban J connectivity index is 1.52. The summed E-state index contributed by atoms with van der Waals surface area (Å²) >= 11 is 0. The predicted molar refractivity (Wildman–Crippen MR) is 145 cm³/mol. The number of pyridine rings is 1. The van der Waals surface area contributed by atoms with Gasteiger partial charge >= 0.3 is 6.18 Å². The third-order valence-corrected chi connectivity index (χ3v) is 6.93. The van der Waals surface area contributed by atoms with Gasteiger partial charge in [0.1, 0.15) is 17.1 Å². The molecule has 1 aliphatic rings. The number of hydrogen-bond acceptors (Lipinski definition) is 7. The average molecular weight is 585 g/mol. The van der Waals surface area contributed by atoms with Crippen molar-refractivity contribution in [2.24, 2.45) is 0 Å². The number of fused-ring (bicyclic) bond motifs is 1. The Labute approximate surface area is 238 Å². The van der Waals surface area contributed by atoms with Gasteiger partial charge in [-0.15, -0.1) is 5.10 Å². The van der Waals surface area contributed by atoms with E-state index in [2.05, 4.69) is 20.5 Å². The van der Waals surface area contributed by atoms with E-state index in [1.807, 2.05) is 0 Å². The van der Waals surface area contributed by atoms with Gasteiger partial charge in [0, 0.05) is 16.5 Å². The second-order valence-corrected chi connectivity index (χ2v) is 10.9. The van der Waals surface area contributed by atoms with Gasteiger partial charge in [-0.3, -0.25) is 4.79 Å². The van der Waals surface area contributed by atoms with E-state index in [0.29, 0.717) is 16.6 Å². The number of hydrogen-bond donors (Lipinski definition) is 3. The number of halogens is 4. The van der Waals surface area contributed by atoms with Gasteiger partial charge in [-0.2, -0.15) is 18.3 Å². The SMILES string of the molecule is Cc1cc2cc(C(=O)NCC(O)(c3cc(C(C)(C)O)cc(-c4ccc(F)cc4)n3)C(F)(F)F)cc(OC3CC3)c2nn1. The number of aromatic nitrogens is 3. The summed E-state index contributed by atoms with van der Waals surface area (Å²) in [5.74, 6) is -1.18. The number of benzene rings is 2. The van der Waals surface area contributed by atoms with Crippen molar-refractivity contribution >= 4 is 16.8 Å². The lowest BCUT2D eigenvalue weighted by molar-refractivity contribution is -0.265. The van der Waals surface area contributed by atoms with Crippen LogP contribution in [0.25, 0.3) is 22.2 Å². The Morgan fingerprint density at radius 2 is 1.71 bits per heavy atom. The largest absolute Gasteiger partial charge is 0.488 e. The number of nitrogens with zero attached hydrogens (tertiary/aromatic N) is 3. The van der Waals surface area contributed by atoms with Crippen molar-refractivity contribution in [1.29, 1.82) is 0 Å². The maximum Gasteiger partial charge on any atom is 0.424 e. The molecule has 4 aromatic rings. The van der Waals surface area contributed by atoms with Crippen molar-refractivity contribution in [1.82, 2.24) is 20.5 Å². The van der Waals surface area contributed by atoms with Gasteiger partial charge in [0.25, 0.3) is 5.91 Å². The van der Waals surface area contributed by atoms with E-state index in [1.54, 1.807) is 13.0 Å². The molecule has 42 heavy (non-hydrogen) atoms. The lowest BCUT2D eigenvalue weighted by Gasteiger charge is -2.32. The Morgan fingerprint density at radius 3 is 2.33 bits per heavy atom. The fraction of sp³-hybridized carbons (Fsp3) is 0.333. The van der Waals surface area contributed by atoms with E-state index in [0.717, 1.165) is 31.0 Å². The normalized spacial score (nSPS) is 15.4. The summed E-state index contributed by atoms with van der Waals surface area (Å²) in [6.07, 6.45) is -3.68. The fourth-order valence-corrected chi connectivity index (χ4v) is 4.33. The van der Waals surface area contributed by atoms with Crippen LogP contribution in [0, 0.1) is 12.7 Å². The molecule has 0 radical (unpaired) electrons. The van der Waals surface area contributed by atoms with E-state index in [4.69, 9.17) is 4.74 Å². The summed E-state index contributed by atoms with van der Waals surface area (Å²) in [6.45, 7) is 3.15. The zero-order valence-corrected chi connectivity index (χ0v) is 23.0. The van der Waals surface area contributed by atoms with Crippen LogP contribution in [0.4, 0.5) is 17.6 Å². The molecule has 2 aromatic carbocycles. The number of aliphatic hydroxyl groups is 2. The summed E-state index contributed by atoms with van der Waals surface area (Å²) in [5.41, 5.74) is -4.89. The number of carbonyl (C=O) groups excluding carboxylic acids is 1. The van der Waals surface area contributed by atoms with Gasteiger partial charge in [-0.25, -0.2) is 9.37 Å². The summed E-state index contributed by atoms with van der Waals surface area (Å²) in [6, 6.07) is 11.7. The number of rotatable bonds is 8. The third kappa shape index (κ3) is 6.04. The minimum Gasteiger partial charge on any atom is -0.488 e. The van der Waals surface area contributed by atoms with Crippen LogP contribution in [0.3, 0.4) is 0 Å². The number of carbonyl (C=O) groups is 1. The summed E-state index contributed by atoms with van der Waals surface area (Å²) in [4.78, 5) is 17.3. The molecule has 220 valence electrons. The molecule has 1 atom stereocenters. The molecule has 2 heterocycles. The number of nitrogens with one attached hydrogen (secondary N) is 1. The van der Waals surface area contributed by atoms with Crippen LogP contribution in [0.1, 0.15) is 54.0 Å². The van der Waals surface area contributed by atoms with Crippen molar-refractivity contribution in [3.05, 3.63) is 82.9 Å². The van der Waals surface area contributed by atoms with Crippen molar-refractivity contribution in [2.75, 3.05) is 6.54 Å². The molecule has 1 saturated carbocycles. The van der Waals surface area contributed by atoms with Crippen molar-refractivity contribution < 1.29 is 37.3 Å². The van der Waals surface area contributed by atoms with Gasteiger partial charge in [0.05, 0.1) is 35.3 Å². The van der Waals surface area contributed by atoms with E-state index in [9.17, 15) is 32.6 Å². The highest BCUT2D eigenvalue weighted by Crippen LogP contribution is 2.40. The van der Waals surface area contributed by atoms with E-state index in [-0.39, 0.29) is 34.2 Å². The first-order chi connectivity index (χ1) is 19.6. The highest BCUT2D eigenvalue weighted by Gasteiger charge is 2.56. The van der Waals surface area contributed by atoms with Gasteiger partial charge in [0.15, 0.2) is 0 Å². The summed E-state index contributed by atoms with van der Waals surface area (Å²) in [7, 11) is 0. The monoisotopic (exact) mass is 584 g/mol. The molecule has 1 fully saturated rings. The quantitative estimate of drug-likeness (QED) is 0.247. The molecule has 0 spiro atoms. The minimum absolute atomic E-state index is 0.000257. The zero-order chi connectivity index (χ0) is 30.4. The predicted octanol–water partition coefficient (Wildman–Crippen LogP) is 5.09. The van der Waals surface area contributed by atoms with E-state index in [1.165, 1.54) is 44.2 Å².